The number of halogens is 1. The minimum atomic E-state index is -1.16. The van der Waals surface area contributed by atoms with Crippen LogP contribution >= 0.6 is 11.3 Å². The van der Waals surface area contributed by atoms with Gasteiger partial charge in [-0.1, -0.05) is 41.7 Å². The predicted octanol–water partition coefficient (Wildman–Crippen LogP) is 3.06. The third-order valence-corrected chi connectivity index (χ3v) is 7.18. The quantitative estimate of drug-likeness (QED) is 0.529. The van der Waals surface area contributed by atoms with Crippen molar-refractivity contribution in [3.05, 3.63) is 80.6 Å². The van der Waals surface area contributed by atoms with Crippen LogP contribution in [0.3, 0.4) is 0 Å². The fourth-order valence-corrected chi connectivity index (χ4v) is 5.07. The largest absolute Gasteiger partial charge is 0.346 e. The molecule has 0 spiro atoms. The van der Waals surface area contributed by atoms with Crippen molar-refractivity contribution in [2.45, 2.75) is 44.8 Å². The molecule has 5 rings (SSSR count). The maximum Gasteiger partial charge on any atom is 0.325 e. The van der Waals surface area contributed by atoms with Gasteiger partial charge in [0.25, 0.3) is 11.8 Å². The monoisotopic (exact) mass is 479 g/mol. The van der Waals surface area contributed by atoms with Crippen molar-refractivity contribution < 1.29 is 18.8 Å². The zero-order valence-corrected chi connectivity index (χ0v) is 19.2. The normalized spacial score (nSPS) is 19.3. The Morgan fingerprint density at radius 2 is 1.91 bits per heavy atom. The number of fused-ring (bicyclic) bond motifs is 1. The van der Waals surface area contributed by atoms with E-state index in [1.165, 1.54) is 23.3 Å². The van der Waals surface area contributed by atoms with E-state index in [9.17, 15) is 18.8 Å². The van der Waals surface area contributed by atoms with Gasteiger partial charge in [0, 0.05) is 6.54 Å². The van der Waals surface area contributed by atoms with Gasteiger partial charge in [0.2, 0.25) is 5.01 Å². The lowest BCUT2D eigenvalue weighted by Gasteiger charge is -2.23. The summed E-state index contributed by atoms with van der Waals surface area (Å²) in [4.78, 5) is 39.5. The number of aromatic nitrogens is 2. The number of hydrogen-bond acceptors (Lipinski definition) is 6. The number of hydrogen-bond donors (Lipinski definition) is 2. The molecule has 4 amide bonds. The summed E-state index contributed by atoms with van der Waals surface area (Å²) >= 11 is 1.01. The number of benzene rings is 2. The summed E-state index contributed by atoms with van der Waals surface area (Å²) in [5.74, 6) is -1.15. The molecule has 34 heavy (non-hydrogen) atoms. The maximum atomic E-state index is 13.3. The van der Waals surface area contributed by atoms with E-state index < -0.39 is 17.5 Å². The molecule has 3 aromatic rings. The number of urea groups is 1. The molecule has 1 unspecified atom stereocenters. The smallest absolute Gasteiger partial charge is 0.325 e. The van der Waals surface area contributed by atoms with Gasteiger partial charge in [-0.05, 0) is 60.6 Å². The van der Waals surface area contributed by atoms with Gasteiger partial charge >= 0.3 is 6.03 Å². The molecule has 1 fully saturated rings. The first-order valence-corrected chi connectivity index (χ1v) is 11.8. The van der Waals surface area contributed by atoms with Crippen molar-refractivity contribution in [3.8, 4) is 0 Å². The Kier molecular flexibility index (Phi) is 5.60. The van der Waals surface area contributed by atoms with Gasteiger partial charge in [-0.15, -0.1) is 10.2 Å². The first-order valence-electron chi connectivity index (χ1n) is 10.9. The van der Waals surface area contributed by atoms with Gasteiger partial charge in [-0.25, -0.2) is 9.18 Å². The van der Waals surface area contributed by atoms with E-state index in [0.717, 1.165) is 46.6 Å². The van der Waals surface area contributed by atoms with Gasteiger partial charge < -0.3 is 10.6 Å². The van der Waals surface area contributed by atoms with E-state index in [-0.39, 0.29) is 29.8 Å². The third-order valence-electron chi connectivity index (χ3n) is 6.27. The van der Waals surface area contributed by atoms with E-state index >= 15 is 0 Å². The van der Waals surface area contributed by atoms with Crippen LogP contribution in [0.4, 0.5) is 9.18 Å². The second-order valence-corrected chi connectivity index (χ2v) is 9.66. The van der Waals surface area contributed by atoms with Crippen molar-refractivity contribution >= 4 is 29.2 Å². The van der Waals surface area contributed by atoms with E-state index in [4.69, 9.17) is 0 Å². The summed E-state index contributed by atoms with van der Waals surface area (Å²) in [7, 11) is 0. The second-order valence-electron chi connectivity index (χ2n) is 8.59. The molecular weight excluding hydrogens is 457 g/mol. The van der Waals surface area contributed by atoms with Crippen molar-refractivity contribution in [2.75, 3.05) is 0 Å². The highest BCUT2D eigenvalue weighted by atomic mass is 32.1. The summed E-state index contributed by atoms with van der Waals surface area (Å²) in [6.45, 7) is 1.84. The molecule has 2 heterocycles. The molecule has 10 heteroatoms. The highest BCUT2D eigenvalue weighted by molar-refractivity contribution is 7.13. The molecule has 2 N–H and O–H groups in total. The number of rotatable bonds is 6. The number of nitrogens with one attached hydrogen (secondary N) is 2. The molecule has 2 aromatic carbocycles. The Balaban J connectivity index is 1.26. The third kappa shape index (κ3) is 4.05. The zero-order valence-electron chi connectivity index (χ0n) is 18.4. The molecule has 0 bridgehead atoms. The van der Waals surface area contributed by atoms with E-state index in [1.807, 2.05) is 18.2 Å². The van der Waals surface area contributed by atoms with Crippen LogP contribution in [0.25, 0.3) is 0 Å². The fraction of sp³-hybridized carbons (Fsp3) is 0.292. The molecule has 1 aliphatic heterocycles. The number of nitrogens with zero attached hydrogens (tertiary/aromatic N) is 3. The molecular formula is C24H22FN5O3S. The van der Waals surface area contributed by atoms with Gasteiger partial charge in [-0.3, -0.25) is 14.5 Å². The molecule has 1 aliphatic carbocycles. The van der Waals surface area contributed by atoms with Crippen molar-refractivity contribution in [3.63, 3.8) is 0 Å². The van der Waals surface area contributed by atoms with Gasteiger partial charge in [0.15, 0.2) is 0 Å². The highest BCUT2D eigenvalue weighted by Crippen LogP contribution is 2.33. The SMILES string of the molecule is CC1(c2ccc3c(c2)CCC3)NC(=O)N(Cc2nnc(C(=O)NCc3ccc(F)cc3)s2)C1=O. The maximum absolute atomic E-state index is 13.3. The molecule has 8 nitrogen and oxygen atoms in total. The van der Waals surface area contributed by atoms with Gasteiger partial charge in [-0.2, -0.15) is 0 Å². The average Bonchev–Trinajstić information content (AvgIpc) is 3.54. The summed E-state index contributed by atoms with van der Waals surface area (Å²) in [5, 5.41) is 13.9. The minimum absolute atomic E-state index is 0.0753. The summed E-state index contributed by atoms with van der Waals surface area (Å²) < 4.78 is 13.0. The Hall–Kier alpha value is -3.66. The van der Waals surface area contributed by atoms with Gasteiger partial charge in [0.1, 0.15) is 16.4 Å². The lowest BCUT2D eigenvalue weighted by atomic mass is 9.90. The Morgan fingerprint density at radius 1 is 1.15 bits per heavy atom. The highest BCUT2D eigenvalue weighted by Gasteiger charge is 2.49. The fourth-order valence-electron chi connectivity index (χ4n) is 4.32. The summed E-state index contributed by atoms with van der Waals surface area (Å²) in [6.07, 6.45) is 3.11. The van der Waals surface area contributed by atoms with Crippen LogP contribution in [-0.4, -0.2) is 32.9 Å². The van der Waals surface area contributed by atoms with Crippen molar-refractivity contribution in [1.29, 1.82) is 0 Å². The zero-order chi connectivity index (χ0) is 23.9. The molecule has 0 radical (unpaired) electrons. The van der Waals surface area contributed by atoms with Crippen LogP contribution in [0.5, 0.6) is 0 Å². The van der Waals surface area contributed by atoms with Crippen LogP contribution in [0.15, 0.2) is 42.5 Å². The second kappa shape index (κ2) is 8.60. The number of imide groups is 1. The van der Waals surface area contributed by atoms with Crippen molar-refractivity contribution in [1.82, 2.24) is 25.7 Å². The van der Waals surface area contributed by atoms with Crippen LogP contribution in [-0.2, 0) is 36.3 Å². The number of carbonyl (C=O) groups is 3. The molecule has 1 atom stereocenters. The van der Waals surface area contributed by atoms with E-state index in [0.29, 0.717) is 5.01 Å². The van der Waals surface area contributed by atoms with Crippen LogP contribution < -0.4 is 10.6 Å². The minimum Gasteiger partial charge on any atom is -0.346 e. The molecule has 1 saturated heterocycles. The summed E-state index contributed by atoms with van der Waals surface area (Å²) in [6, 6.07) is 11.2. The van der Waals surface area contributed by atoms with Crippen LogP contribution in [0.2, 0.25) is 0 Å². The number of carbonyl (C=O) groups excluding carboxylic acids is 3. The van der Waals surface area contributed by atoms with E-state index in [1.54, 1.807) is 19.1 Å². The lowest BCUT2D eigenvalue weighted by molar-refractivity contribution is -0.131. The van der Waals surface area contributed by atoms with E-state index in [2.05, 4.69) is 20.8 Å². The Bertz CT molecular complexity index is 1290. The predicted molar refractivity (Wildman–Crippen MR) is 122 cm³/mol. The first kappa shape index (κ1) is 22.1. The first-order chi connectivity index (χ1) is 16.3. The average molecular weight is 480 g/mol. The van der Waals surface area contributed by atoms with Crippen molar-refractivity contribution in [2.24, 2.45) is 0 Å². The lowest BCUT2D eigenvalue weighted by Crippen LogP contribution is -2.40. The molecule has 2 aliphatic rings. The summed E-state index contributed by atoms with van der Waals surface area (Å²) in [5.41, 5.74) is 2.85. The standard InChI is InChI=1S/C24H22FN5O3S/c1-24(17-8-7-15-3-2-4-16(15)11-17)22(32)30(23(33)27-24)13-19-28-29-21(34-19)20(31)26-12-14-5-9-18(25)10-6-14/h5-11H,2-4,12-13H2,1H3,(H,26,31)(H,27,33). The Morgan fingerprint density at radius 3 is 2.71 bits per heavy atom. The van der Waals surface area contributed by atoms with Crippen LogP contribution in [0.1, 0.15) is 50.4 Å². The molecule has 174 valence electrons. The topological polar surface area (TPSA) is 104 Å². The molecule has 1 aromatic heterocycles. The van der Waals surface area contributed by atoms with Crippen LogP contribution in [0, 0.1) is 5.82 Å². The van der Waals surface area contributed by atoms with Gasteiger partial charge in [0.05, 0.1) is 6.54 Å². The molecule has 0 saturated carbocycles. The number of amides is 4. The Labute approximate surface area is 199 Å². The number of aryl methyl sites for hydroxylation is 2.